The number of nitrogens with zero attached hydrogens (tertiary/aromatic N) is 2. The first-order valence-corrected chi connectivity index (χ1v) is 6.32. The van der Waals surface area contributed by atoms with Crippen LogP contribution in [0.5, 0.6) is 0 Å². The Bertz CT molecular complexity index is 574. The summed E-state index contributed by atoms with van der Waals surface area (Å²) in [5.74, 6) is 0.276. The zero-order chi connectivity index (χ0) is 14.4. The molecular formula is C14H16N4O2. The van der Waals surface area contributed by atoms with Gasteiger partial charge in [-0.15, -0.1) is 0 Å². The van der Waals surface area contributed by atoms with E-state index >= 15 is 0 Å². The molecule has 0 radical (unpaired) electrons. The van der Waals surface area contributed by atoms with Gasteiger partial charge in [0, 0.05) is 24.8 Å². The van der Waals surface area contributed by atoms with Crippen LogP contribution in [0, 0.1) is 10.1 Å². The number of benzene rings is 1. The van der Waals surface area contributed by atoms with Gasteiger partial charge in [-0.1, -0.05) is 30.3 Å². The third kappa shape index (κ3) is 3.52. The summed E-state index contributed by atoms with van der Waals surface area (Å²) < 4.78 is 0. The Morgan fingerprint density at radius 1 is 1.25 bits per heavy atom. The molecule has 1 unspecified atom stereocenters. The van der Waals surface area contributed by atoms with Crippen molar-refractivity contribution in [3.63, 3.8) is 0 Å². The number of pyridine rings is 1. The molecule has 0 fully saturated rings. The topological polar surface area (TPSA) is 94.1 Å². The quantitative estimate of drug-likeness (QED) is 0.622. The smallest absolute Gasteiger partial charge is 0.311 e. The number of anilines is 1. The zero-order valence-electron chi connectivity index (χ0n) is 10.9. The third-order valence-electron chi connectivity index (χ3n) is 2.96. The fraction of sp³-hybridized carbons (Fsp3) is 0.214. The van der Waals surface area contributed by atoms with Gasteiger partial charge in [0.15, 0.2) is 0 Å². The van der Waals surface area contributed by atoms with E-state index in [1.807, 2.05) is 30.3 Å². The van der Waals surface area contributed by atoms with E-state index in [1.54, 1.807) is 6.07 Å². The van der Waals surface area contributed by atoms with E-state index in [1.165, 1.54) is 12.3 Å². The van der Waals surface area contributed by atoms with Crippen LogP contribution in [-0.2, 0) is 0 Å². The maximum atomic E-state index is 10.8. The monoisotopic (exact) mass is 272 g/mol. The van der Waals surface area contributed by atoms with Crippen LogP contribution in [0.3, 0.4) is 0 Å². The molecule has 20 heavy (non-hydrogen) atoms. The first-order chi connectivity index (χ1) is 9.68. The Morgan fingerprint density at radius 3 is 2.70 bits per heavy atom. The molecule has 1 heterocycles. The number of nitro groups is 1. The molecule has 0 saturated heterocycles. The molecule has 6 nitrogen and oxygen atoms in total. The van der Waals surface area contributed by atoms with Crippen LogP contribution in [0.25, 0.3) is 0 Å². The molecule has 1 aromatic carbocycles. The van der Waals surface area contributed by atoms with E-state index in [-0.39, 0.29) is 17.5 Å². The Morgan fingerprint density at radius 2 is 2.00 bits per heavy atom. The third-order valence-corrected chi connectivity index (χ3v) is 2.96. The molecule has 0 bridgehead atoms. The number of nitrogens with two attached hydrogens (primary N) is 1. The van der Waals surface area contributed by atoms with Crippen molar-refractivity contribution in [1.29, 1.82) is 0 Å². The van der Waals surface area contributed by atoms with Crippen LogP contribution < -0.4 is 11.1 Å². The Kier molecular flexibility index (Phi) is 4.62. The Hall–Kier alpha value is -2.47. The van der Waals surface area contributed by atoms with Crippen LogP contribution in [0.2, 0.25) is 0 Å². The zero-order valence-corrected chi connectivity index (χ0v) is 10.9. The predicted octanol–water partition coefficient (Wildman–Crippen LogP) is 2.49. The van der Waals surface area contributed by atoms with Crippen LogP contribution in [0.1, 0.15) is 18.0 Å². The van der Waals surface area contributed by atoms with Crippen LogP contribution in [-0.4, -0.2) is 16.5 Å². The molecule has 0 spiro atoms. The van der Waals surface area contributed by atoms with Gasteiger partial charge in [-0.2, -0.15) is 0 Å². The largest absolute Gasteiger partial charge is 0.364 e. The van der Waals surface area contributed by atoms with Gasteiger partial charge in [0.05, 0.1) is 4.92 Å². The minimum atomic E-state index is -0.452. The normalized spacial score (nSPS) is 11.8. The van der Waals surface area contributed by atoms with Crippen molar-refractivity contribution in [2.24, 2.45) is 5.73 Å². The molecule has 104 valence electrons. The van der Waals surface area contributed by atoms with E-state index < -0.39 is 4.92 Å². The van der Waals surface area contributed by atoms with Crippen molar-refractivity contribution < 1.29 is 4.92 Å². The predicted molar refractivity (Wildman–Crippen MR) is 77.4 cm³/mol. The maximum Gasteiger partial charge on any atom is 0.311 e. The fourth-order valence-electron chi connectivity index (χ4n) is 1.89. The van der Waals surface area contributed by atoms with Gasteiger partial charge in [-0.25, -0.2) is 4.98 Å². The molecule has 0 amide bonds. The van der Waals surface area contributed by atoms with Gasteiger partial charge in [-0.3, -0.25) is 10.1 Å². The first-order valence-electron chi connectivity index (χ1n) is 6.32. The molecule has 3 N–H and O–H groups in total. The summed E-state index contributed by atoms with van der Waals surface area (Å²) in [5.41, 5.74) is 7.08. The molecule has 1 aromatic heterocycles. The summed E-state index contributed by atoms with van der Waals surface area (Å²) in [6.07, 6.45) is 2.18. The molecule has 0 aliphatic heterocycles. The number of rotatable bonds is 6. The van der Waals surface area contributed by atoms with Crippen molar-refractivity contribution >= 4 is 11.5 Å². The van der Waals surface area contributed by atoms with Crippen LogP contribution in [0.4, 0.5) is 11.5 Å². The molecular weight excluding hydrogens is 256 g/mol. The lowest BCUT2D eigenvalue weighted by Crippen LogP contribution is -2.16. The van der Waals surface area contributed by atoms with Crippen LogP contribution in [0.15, 0.2) is 48.7 Å². The van der Waals surface area contributed by atoms with E-state index in [0.717, 1.165) is 5.56 Å². The van der Waals surface area contributed by atoms with Gasteiger partial charge in [0.2, 0.25) is 5.82 Å². The highest BCUT2D eigenvalue weighted by molar-refractivity contribution is 5.54. The van der Waals surface area contributed by atoms with Crippen molar-refractivity contribution in [1.82, 2.24) is 4.98 Å². The van der Waals surface area contributed by atoms with E-state index in [2.05, 4.69) is 10.3 Å². The number of aromatic nitrogens is 1. The minimum absolute atomic E-state index is 0.0271. The minimum Gasteiger partial charge on any atom is -0.364 e. The standard InChI is InChI=1S/C14H16N4O2/c15-12(11-5-2-1-3-6-11)8-10-17-14-13(18(19)20)7-4-9-16-14/h1-7,9,12H,8,10,15H2,(H,16,17). The molecule has 0 aliphatic rings. The average molecular weight is 272 g/mol. The summed E-state index contributed by atoms with van der Waals surface area (Å²) in [4.78, 5) is 14.4. The second-order valence-corrected chi connectivity index (χ2v) is 4.36. The highest BCUT2D eigenvalue weighted by Gasteiger charge is 2.13. The summed E-state index contributed by atoms with van der Waals surface area (Å²) in [6, 6.07) is 12.6. The SMILES string of the molecule is NC(CCNc1ncccc1[N+](=O)[O-])c1ccccc1. The van der Waals surface area contributed by atoms with Crippen LogP contribution >= 0.6 is 0 Å². The lowest BCUT2D eigenvalue weighted by atomic mass is 10.1. The lowest BCUT2D eigenvalue weighted by Gasteiger charge is -2.12. The molecule has 0 saturated carbocycles. The second kappa shape index (κ2) is 6.63. The van der Waals surface area contributed by atoms with Gasteiger partial charge >= 0.3 is 5.69 Å². The van der Waals surface area contributed by atoms with Crippen molar-refractivity contribution in [2.75, 3.05) is 11.9 Å². The second-order valence-electron chi connectivity index (χ2n) is 4.36. The highest BCUT2D eigenvalue weighted by atomic mass is 16.6. The van der Waals surface area contributed by atoms with Gasteiger partial charge < -0.3 is 11.1 Å². The Balaban J connectivity index is 1.92. The summed E-state index contributed by atoms with van der Waals surface area (Å²) in [5, 5.41) is 13.8. The Labute approximate surface area is 116 Å². The van der Waals surface area contributed by atoms with Gasteiger partial charge in [0.25, 0.3) is 0 Å². The molecule has 0 aliphatic carbocycles. The number of nitrogens with one attached hydrogen (secondary N) is 1. The van der Waals surface area contributed by atoms with E-state index in [4.69, 9.17) is 5.73 Å². The molecule has 2 rings (SSSR count). The fourth-order valence-corrected chi connectivity index (χ4v) is 1.89. The molecule has 6 heteroatoms. The molecule has 2 aromatic rings. The number of hydrogen-bond donors (Lipinski definition) is 2. The summed E-state index contributed by atoms with van der Waals surface area (Å²) in [6.45, 7) is 0.522. The van der Waals surface area contributed by atoms with E-state index in [0.29, 0.717) is 13.0 Å². The maximum absolute atomic E-state index is 10.8. The summed E-state index contributed by atoms with van der Waals surface area (Å²) in [7, 11) is 0. The van der Waals surface area contributed by atoms with Gasteiger partial charge in [-0.05, 0) is 18.1 Å². The van der Waals surface area contributed by atoms with Crippen molar-refractivity contribution in [3.8, 4) is 0 Å². The number of hydrogen-bond acceptors (Lipinski definition) is 5. The van der Waals surface area contributed by atoms with Crippen molar-refractivity contribution in [2.45, 2.75) is 12.5 Å². The highest BCUT2D eigenvalue weighted by Crippen LogP contribution is 2.21. The molecule has 1 atom stereocenters. The van der Waals surface area contributed by atoms with Gasteiger partial charge in [0.1, 0.15) is 0 Å². The van der Waals surface area contributed by atoms with E-state index in [9.17, 15) is 10.1 Å². The van der Waals surface area contributed by atoms with Crippen molar-refractivity contribution in [3.05, 3.63) is 64.3 Å². The summed E-state index contributed by atoms with van der Waals surface area (Å²) >= 11 is 0. The lowest BCUT2D eigenvalue weighted by molar-refractivity contribution is -0.384. The first kappa shape index (κ1) is 14.0. The average Bonchev–Trinajstić information content (AvgIpc) is 2.48.